The van der Waals surface area contributed by atoms with E-state index in [1.54, 1.807) is 0 Å². The third-order valence-corrected chi connectivity index (χ3v) is 6.01. The molecule has 0 aromatic heterocycles. The van der Waals surface area contributed by atoms with Crippen LogP contribution in [0.25, 0.3) is 5.57 Å². The Morgan fingerprint density at radius 3 is 2.75 bits per heavy atom. The molecule has 0 N–H and O–H groups in total. The van der Waals surface area contributed by atoms with E-state index in [1.807, 2.05) is 6.07 Å². The molecule has 1 aliphatic heterocycles. The van der Waals surface area contributed by atoms with Gasteiger partial charge in [-0.1, -0.05) is 42.5 Å². The third kappa shape index (κ3) is 0.994. The number of allylic oxidation sites excluding steroid dienone is 3. The summed E-state index contributed by atoms with van der Waals surface area (Å²) in [5.74, 6) is 0.175. The molecule has 0 amide bonds. The van der Waals surface area contributed by atoms with Crippen molar-refractivity contribution < 1.29 is 9.53 Å². The highest BCUT2D eigenvalue weighted by Gasteiger charge is 2.86. The predicted molar refractivity (Wildman–Crippen MR) is 75.6 cm³/mol. The van der Waals surface area contributed by atoms with E-state index in [0.29, 0.717) is 0 Å². The second kappa shape index (κ2) is 3.25. The monoisotopic (exact) mass is 264 g/mol. The van der Waals surface area contributed by atoms with E-state index >= 15 is 0 Å². The lowest BCUT2D eigenvalue weighted by atomic mass is 9.71. The van der Waals surface area contributed by atoms with Gasteiger partial charge in [0.05, 0.1) is 5.92 Å². The van der Waals surface area contributed by atoms with Crippen LogP contribution in [0.2, 0.25) is 0 Å². The summed E-state index contributed by atoms with van der Waals surface area (Å²) in [6.07, 6.45) is 9.79. The molecular formula is C18H16O2. The van der Waals surface area contributed by atoms with Crippen LogP contribution in [0.1, 0.15) is 24.8 Å². The van der Waals surface area contributed by atoms with E-state index in [-0.39, 0.29) is 28.8 Å². The summed E-state index contributed by atoms with van der Waals surface area (Å²) in [6, 6.07) is 10.5. The fourth-order valence-corrected chi connectivity index (χ4v) is 5.15. The van der Waals surface area contributed by atoms with Crippen molar-refractivity contribution in [2.24, 2.45) is 16.7 Å². The lowest BCUT2D eigenvalue weighted by Crippen LogP contribution is -2.34. The van der Waals surface area contributed by atoms with E-state index < -0.39 is 0 Å². The Hall–Kier alpha value is -1.83. The lowest BCUT2D eigenvalue weighted by Gasteiger charge is -2.36. The van der Waals surface area contributed by atoms with Crippen LogP contribution in [-0.2, 0) is 9.53 Å². The van der Waals surface area contributed by atoms with Gasteiger partial charge in [0.1, 0.15) is 6.10 Å². The first-order chi connectivity index (χ1) is 9.78. The van der Waals surface area contributed by atoms with Gasteiger partial charge in [0.15, 0.2) is 0 Å². The molecule has 4 atom stereocenters. The second-order valence-electron chi connectivity index (χ2n) is 6.60. The average molecular weight is 264 g/mol. The summed E-state index contributed by atoms with van der Waals surface area (Å²) in [4.78, 5) is 12.1. The van der Waals surface area contributed by atoms with Crippen LogP contribution in [0.4, 0.5) is 0 Å². The van der Waals surface area contributed by atoms with Crippen molar-refractivity contribution in [2.45, 2.75) is 25.4 Å². The first kappa shape index (κ1) is 10.9. The fourth-order valence-electron chi connectivity index (χ4n) is 5.15. The maximum atomic E-state index is 12.1. The molecule has 0 bridgehead atoms. The van der Waals surface area contributed by atoms with Gasteiger partial charge in [-0.3, -0.25) is 4.79 Å². The number of ether oxygens (including phenoxy) is 1. The minimum absolute atomic E-state index is 0.00564. The highest BCUT2D eigenvalue weighted by atomic mass is 16.6. The van der Waals surface area contributed by atoms with Crippen LogP contribution in [0, 0.1) is 16.7 Å². The Morgan fingerprint density at radius 2 is 1.90 bits per heavy atom. The van der Waals surface area contributed by atoms with Gasteiger partial charge in [0.25, 0.3) is 0 Å². The maximum absolute atomic E-state index is 12.1. The van der Waals surface area contributed by atoms with Gasteiger partial charge in [-0.2, -0.15) is 0 Å². The zero-order valence-corrected chi connectivity index (χ0v) is 11.2. The molecule has 2 nitrogen and oxygen atoms in total. The van der Waals surface area contributed by atoms with E-state index in [1.165, 1.54) is 11.1 Å². The van der Waals surface area contributed by atoms with Gasteiger partial charge in [0.2, 0.25) is 0 Å². The molecule has 100 valence electrons. The lowest BCUT2D eigenvalue weighted by molar-refractivity contribution is -0.147. The van der Waals surface area contributed by atoms with Crippen molar-refractivity contribution in [2.75, 3.05) is 0 Å². The van der Waals surface area contributed by atoms with Crippen molar-refractivity contribution in [1.29, 1.82) is 0 Å². The van der Waals surface area contributed by atoms with Crippen LogP contribution in [-0.4, -0.2) is 12.1 Å². The second-order valence-corrected chi connectivity index (χ2v) is 6.60. The summed E-state index contributed by atoms with van der Waals surface area (Å²) in [7, 11) is 0. The van der Waals surface area contributed by atoms with Crippen molar-refractivity contribution in [1.82, 2.24) is 0 Å². The molecular weight excluding hydrogens is 248 g/mol. The number of hydrogen-bond donors (Lipinski definition) is 0. The van der Waals surface area contributed by atoms with Crippen molar-refractivity contribution in [3.05, 3.63) is 54.1 Å². The zero-order chi connectivity index (χ0) is 13.4. The first-order valence-corrected chi connectivity index (χ1v) is 7.40. The normalized spacial score (nSPS) is 43.4. The van der Waals surface area contributed by atoms with Crippen LogP contribution in [0.3, 0.4) is 0 Å². The minimum atomic E-state index is -0.00564. The molecule has 1 aromatic rings. The van der Waals surface area contributed by atoms with Crippen LogP contribution < -0.4 is 0 Å². The number of carbonyl (C=O) groups is 1. The summed E-state index contributed by atoms with van der Waals surface area (Å²) in [6.45, 7) is 0. The van der Waals surface area contributed by atoms with Gasteiger partial charge < -0.3 is 4.74 Å². The van der Waals surface area contributed by atoms with Gasteiger partial charge in [-0.15, -0.1) is 0 Å². The summed E-state index contributed by atoms with van der Waals surface area (Å²) >= 11 is 0. The Kier molecular flexibility index (Phi) is 1.77. The zero-order valence-electron chi connectivity index (χ0n) is 11.2. The van der Waals surface area contributed by atoms with E-state index in [4.69, 9.17) is 4.74 Å². The Bertz CT molecular complexity index is 672. The molecule has 1 aromatic carbocycles. The average Bonchev–Trinajstić information content (AvgIpc) is 3.01. The highest BCUT2D eigenvalue weighted by Crippen LogP contribution is 2.83. The topological polar surface area (TPSA) is 26.3 Å². The van der Waals surface area contributed by atoms with Crippen LogP contribution >= 0.6 is 0 Å². The molecule has 2 fully saturated rings. The molecule has 1 unspecified atom stereocenters. The van der Waals surface area contributed by atoms with E-state index in [9.17, 15) is 4.79 Å². The van der Waals surface area contributed by atoms with Crippen molar-refractivity contribution >= 4 is 11.5 Å². The molecule has 4 aliphatic rings. The first-order valence-electron chi connectivity index (χ1n) is 7.40. The molecule has 20 heavy (non-hydrogen) atoms. The number of carbonyl (C=O) groups excluding carboxylic acids is 1. The minimum Gasteiger partial charge on any atom is -0.457 e. The third-order valence-electron chi connectivity index (χ3n) is 6.01. The maximum Gasteiger partial charge on any atom is 0.310 e. The molecule has 5 rings (SSSR count). The van der Waals surface area contributed by atoms with Gasteiger partial charge in [-0.05, 0) is 36.5 Å². The Morgan fingerprint density at radius 1 is 1.10 bits per heavy atom. The smallest absolute Gasteiger partial charge is 0.310 e. The Balaban J connectivity index is 1.64. The summed E-state index contributed by atoms with van der Waals surface area (Å²) in [5, 5.41) is 0. The Labute approximate surface area is 118 Å². The predicted octanol–water partition coefficient (Wildman–Crippen LogP) is 3.35. The molecule has 1 spiro atoms. The molecule has 1 saturated carbocycles. The number of benzene rings is 1. The van der Waals surface area contributed by atoms with Crippen molar-refractivity contribution in [3.63, 3.8) is 0 Å². The van der Waals surface area contributed by atoms with E-state index in [0.717, 1.165) is 19.3 Å². The SMILES string of the molecule is O=C1O[C@H]2C=C(c3ccccc3)C[C@]34CC=CC[C@]23C14. The largest absolute Gasteiger partial charge is 0.457 e. The quantitative estimate of drug-likeness (QED) is 0.574. The number of rotatable bonds is 1. The molecule has 1 saturated heterocycles. The molecule has 0 radical (unpaired) electrons. The number of hydrogen-bond acceptors (Lipinski definition) is 2. The molecule has 3 aliphatic carbocycles. The van der Waals surface area contributed by atoms with Gasteiger partial charge in [-0.25, -0.2) is 0 Å². The van der Waals surface area contributed by atoms with Gasteiger partial charge >= 0.3 is 5.97 Å². The van der Waals surface area contributed by atoms with Crippen LogP contribution in [0.5, 0.6) is 0 Å². The summed E-state index contributed by atoms with van der Waals surface area (Å²) < 4.78 is 5.65. The molecule has 1 heterocycles. The number of esters is 1. The molecule has 2 heteroatoms. The van der Waals surface area contributed by atoms with Crippen LogP contribution in [0.15, 0.2) is 48.6 Å². The standard InChI is InChI=1S/C18H16O2/c19-16-15-17-8-4-5-9-18(15,17)14(20-16)10-13(11-17)12-6-2-1-3-7-12/h1-7,10,14-15H,8-9,11H2/t14-,15?,17-,18+/m0/s1. The van der Waals surface area contributed by atoms with Crippen molar-refractivity contribution in [3.8, 4) is 0 Å². The van der Waals surface area contributed by atoms with Gasteiger partial charge in [0, 0.05) is 10.8 Å². The highest BCUT2D eigenvalue weighted by molar-refractivity contribution is 5.87. The van der Waals surface area contributed by atoms with E-state index in [2.05, 4.69) is 42.5 Å². The fraction of sp³-hybridized carbons (Fsp3) is 0.389. The summed E-state index contributed by atoms with van der Waals surface area (Å²) in [5.41, 5.74) is 2.88.